The molecule has 0 radical (unpaired) electrons. The summed E-state index contributed by atoms with van der Waals surface area (Å²) in [6.07, 6.45) is -0.626. The molecule has 3 heterocycles. The van der Waals surface area contributed by atoms with Crippen molar-refractivity contribution < 1.29 is 26.0 Å². The fourth-order valence-electron chi connectivity index (χ4n) is 2.83. The standard InChI is InChI=1S/C15H18F3N5O3S/c1-9-19-8-12(26-9)13-11(15(16,17)18)7-20-14(22-13)21-10-3-5-23(6-4-10)27(2,24)25/h7-8,10H,3-6H2,1-2H3,(H,20,21,22). The van der Waals surface area contributed by atoms with Crippen molar-refractivity contribution in [3.63, 3.8) is 0 Å². The van der Waals surface area contributed by atoms with Crippen LogP contribution in [0.5, 0.6) is 0 Å². The second-order valence-electron chi connectivity index (χ2n) is 6.28. The van der Waals surface area contributed by atoms with Crippen LogP contribution in [0.15, 0.2) is 16.8 Å². The highest BCUT2D eigenvalue weighted by atomic mass is 32.2. The van der Waals surface area contributed by atoms with Crippen LogP contribution in [0.1, 0.15) is 24.3 Å². The molecule has 2 aromatic heterocycles. The Kier molecular flexibility index (Phi) is 5.12. The number of rotatable bonds is 4. The number of piperidine rings is 1. The van der Waals surface area contributed by atoms with E-state index in [1.165, 1.54) is 17.4 Å². The van der Waals surface area contributed by atoms with Crippen molar-refractivity contribution in [2.24, 2.45) is 0 Å². The van der Waals surface area contributed by atoms with Gasteiger partial charge in [0.25, 0.3) is 0 Å². The number of hydrogen-bond donors (Lipinski definition) is 1. The van der Waals surface area contributed by atoms with E-state index >= 15 is 0 Å². The van der Waals surface area contributed by atoms with Gasteiger partial charge in [-0.05, 0) is 12.8 Å². The second kappa shape index (κ2) is 7.08. The van der Waals surface area contributed by atoms with Gasteiger partial charge in [-0.15, -0.1) is 0 Å². The number of oxazole rings is 1. The first-order chi connectivity index (χ1) is 12.5. The molecule has 0 aliphatic carbocycles. The molecule has 1 N–H and O–H groups in total. The monoisotopic (exact) mass is 405 g/mol. The average Bonchev–Trinajstić information content (AvgIpc) is 3.00. The number of nitrogens with one attached hydrogen (secondary N) is 1. The van der Waals surface area contributed by atoms with Crippen LogP contribution in [0.3, 0.4) is 0 Å². The van der Waals surface area contributed by atoms with Crippen molar-refractivity contribution in [3.05, 3.63) is 23.8 Å². The van der Waals surface area contributed by atoms with E-state index in [1.807, 2.05) is 0 Å². The van der Waals surface area contributed by atoms with E-state index in [2.05, 4.69) is 20.3 Å². The van der Waals surface area contributed by atoms with Gasteiger partial charge in [-0.2, -0.15) is 13.2 Å². The molecule has 27 heavy (non-hydrogen) atoms. The van der Waals surface area contributed by atoms with Crippen molar-refractivity contribution in [3.8, 4) is 11.5 Å². The highest BCUT2D eigenvalue weighted by molar-refractivity contribution is 7.88. The van der Waals surface area contributed by atoms with E-state index in [4.69, 9.17) is 4.42 Å². The van der Waals surface area contributed by atoms with E-state index in [9.17, 15) is 21.6 Å². The minimum atomic E-state index is -4.64. The van der Waals surface area contributed by atoms with Crippen molar-refractivity contribution >= 4 is 16.0 Å². The van der Waals surface area contributed by atoms with Crippen LogP contribution >= 0.6 is 0 Å². The zero-order chi connectivity index (χ0) is 19.8. The first-order valence-electron chi connectivity index (χ1n) is 8.13. The number of anilines is 1. The van der Waals surface area contributed by atoms with Gasteiger partial charge in [0.15, 0.2) is 11.7 Å². The van der Waals surface area contributed by atoms with Crippen molar-refractivity contribution in [2.45, 2.75) is 32.0 Å². The van der Waals surface area contributed by atoms with Gasteiger partial charge in [0.2, 0.25) is 16.0 Å². The maximum absolute atomic E-state index is 13.3. The summed E-state index contributed by atoms with van der Waals surface area (Å²) in [5.74, 6) is 0.140. The van der Waals surface area contributed by atoms with Gasteiger partial charge in [-0.3, -0.25) is 0 Å². The molecule has 148 valence electrons. The van der Waals surface area contributed by atoms with Gasteiger partial charge >= 0.3 is 6.18 Å². The van der Waals surface area contributed by atoms with Crippen LogP contribution in [0.25, 0.3) is 11.5 Å². The van der Waals surface area contributed by atoms with Gasteiger partial charge in [0, 0.05) is 32.3 Å². The maximum atomic E-state index is 13.3. The third-order valence-electron chi connectivity index (χ3n) is 4.20. The molecular weight excluding hydrogens is 387 g/mol. The Bertz CT molecular complexity index is 921. The van der Waals surface area contributed by atoms with E-state index in [1.54, 1.807) is 0 Å². The third kappa shape index (κ3) is 4.56. The summed E-state index contributed by atoms with van der Waals surface area (Å²) in [5, 5.41) is 2.98. The van der Waals surface area contributed by atoms with Crippen LogP contribution in [-0.4, -0.2) is 53.1 Å². The Balaban J connectivity index is 1.81. The molecule has 0 saturated carbocycles. The van der Waals surface area contributed by atoms with Gasteiger partial charge < -0.3 is 9.73 Å². The lowest BCUT2D eigenvalue weighted by atomic mass is 10.1. The lowest BCUT2D eigenvalue weighted by Crippen LogP contribution is -2.42. The fraction of sp³-hybridized carbons (Fsp3) is 0.533. The van der Waals surface area contributed by atoms with E-state index in [-0.39, 0.29) is 23.6 Å². The molecule has 3 rings (SSSR count). The molecule has 2 aromatic rings. The quantitative estimate of drug-likeness (QED) is 0.833. The summed E-state index contributed by atoms with van der Waals surface area (Å²) in [6.45, 7) is 2.17. The molecule has 0 atom stereocenters. The number of halogens is 3. The van der Waals surface area contributed by atoms with Crippen molar-refractivity contribution in [1.82, 2.24) is 19.3 Å². The highest BCUT2D eigenvalue weighted by Crippen LogP contribution is 2.36. The molecule has 1 aliphatic heterocycles. The second-order valence-corrected chi connectivity index (χ2v) is 8.26. The molecule has 0 bridgehead atoms. The summed E-state index contributed by atoms with van der Waals surface area (Å²) < 4.78 is 69.4. The number of sulfonamides is 1. The number of aryl methyl sites for hydroxylation is 1. The lowest BCUT2D eigenvalue weighted by Gasteiger charge is -2.30. The van der Waals surface area contributed by atoms with E-state index in [0.717, 1.165) is 6.26 Å². The summed E-state index contributed by atoms with van der Waals surface area (Å²) >= 11 is 0. The number of alkyl halides is 3. The lowest BCUT2D eigenvalue weighted by molar-refractivity contribution is -0.137. The Labute approximate surface area is 153 Å². The third-order valence-corrected chi connectivity index (χ3v) is 5.51. The smallest absolute Gasteiger partial charge is 0.420 e. The predicted octanol–water partition coefficient (Wildman–Crippen LogP) is 2.29. The summed E-state index contributed by atoms with van der Waals surface area (Å²) in [6, 6.07) is -0.149. The van der Waals surface area contributed by atoms with Gasteiger partial charge in [0.05, 0.1) is 12.5 Å². The highest BCUT2D eigenvalue weighted by Gasteiger charge is 2.36. The molecule has 1 fully saturated rings. The normalized spacial score (nSPS) is 17.2. The van der Waals surface area contributed by atoms with Gasteiger partial charge in [-0.1, -0.05) is 0 Å². The van der Waals surface area contributed by atoms with Crippen LogP contribution in [0, 0.1) is 6.92 Å². The molecule has 12 heteroatoms. The predicted molar refractivity (Wildman–Crippen MR) is 90.3 cm³/mol. The molecule has 0 aromatic carbocycles. The van der Waals surface area contributed by atoms with Crippen LogP contribution < -0.4 is 5.32 Å². The average molecular weight is 405 g/mol. The molecule has 0 unspecified atom stereocenters. The molecule has 8 nitrogen and oxygen atoms in total. The van der Waals surface area contributed by atoms with E-state index < -0.39 is 27.5 Å². The molecular formula is C15H18F3N5O3S. The zero-order valence-electron chi connectivity index (χ0n) is 14.6. The summed E-state index contributed by atoms with van der Waals surface area (Å²) in [4.78, 5) is 11.6. The molecule has 1 aliphatic rings. The van der Waals surface area contributed by atoms with Crippen LogP contribution in [-0.2, 0) is 16.2 Å². The SMILES string of the molecule is Cc1ncc(-c2nc(NC3CCN(S(C)(=O)=O)CC3)ncc2C(F)(F)F)o1. The van der Waals surface area contributed by atoms with Gasteiger partial charge in [-0.25, -0.2) is 27.7 Å². The maximum Gasteiger partial charge on any atom is 0.420 e. The Morgan fingerprint density at radius 1 is 1.22 bits per heavy atom. The molecule has 0 spiro atoms. The largest absolute Gasteiger partial charge is 0.439 e. The molecule has 0 amide bonds. The van der Waals surface area contributed by atoms with Crippen LogP contribution in [0.2, 0.25) is 0 Å². The summed E-state index contributed by atoms with van der Waals surface area (Å²) in [7, 11) is -3.25. The molecule has 1 saturated heterocycles. The first kappa shape index (κ1) is 19.5. The number of hydrogen-bond acceptors (Lipinski definition) is 7. The van der Waals surface area contributed by atoms with Crippen molar-refractivity contribution in [2.75, 3.05) is 24.7 Å². The van der Waals surface area contributed by atoms with Crippen LogP contribution in [0.4, 0.5) is 19.1 Å². The topological polar surface area (TPSA) is 101 Å². The van der Waals surface area contributed by atoms with E-state index in [0.29, 0.717) is 32.1 Å². The Morgan fingerprint density at radius 3 is 2.41 bits per heavy atom. The fourth-order valence-corrected chi connectivity index (χ4v) is 3.71. The minimum absolute atomic E-state index is 0.0184. The Morgan fingerprint density at radius 2 is 1.89 bits per heavy atom. The minimum Gasteiger partial charge on any atom is -0.439 e. The zero-order valence-corrected chi connectivity index (χ0v) is 15.4. The van der Waals surface area contributed by atoms with Crippen molar-refractivity contribution in [1.29, 1.82) is 0 Å². The number of aromatic nitrogens is 3. The van der Waals surface area contributed by atoms with Gasteiger partial charge in [0.1, 0.15) is 11.3 Å². The first-order valence-corrected chi connectivity index (χ1v) is 9.97. The Hall–Kier alpha value is -2.21. The summed E-state index contributed by atoms with van der Waals surface area (Å²) in [5.41, 5.74) is -1.41. The number of nitrogens with zero attached hydrogens (tertiary/aromatic N) is 4.